The molecule has 5 aromatic carbocycles. The van der Waals surface area contributed by atoms with E-state index in [1.54, 1.807) is 19.1 Å². The van der Waals surface area contributed by atoms with Gasteiger partial charge in [-0.3, -0.25) is 26.7 Å². The summed E-state index contributed by atoms with van der Waals surface area (Å²) >= 11 is 0. The average molecular weight is 1370 g/mol. The normalized spacial score (nSPS) is 18.8. The minimum atomic E-state index is -3.68. The van der Waals surface area contributed by atoms with Crippen LogP contribution in [0.15, 0.2) is 168 Å². The summed E-state index contributed by atoms with van der Waals surface area (Å²) in [5.41, 5.74) is 12.6. The molecule has 3 aliphatic heterocycles. The van der Waals surface area contributed by atoms with Gasteiger partial charge in [0.1, 0.15) is 0 Å². The van der Waals surface area contributed by atoms with Gasteiger partial charge in [-0.05, 0) is 85.6 Å². The predicted molar refractivity (Wildman–Crippen MR) is 374 cm³/mol. The molecule has 0 bridgehead atoms. The number of hydrogen-bond acceptors (Lipinski definition) is 12. The lowest BCUT2D eigenvalue weighted by molar-refractivity contribution is 0.303. The maximum atomic E-state index is 12.8. The molecular weight excluding hydrogens is 1290 g/mol. The Morgan fingerprint density at radius 2 is 0.817 bits per heavy atom. The molecule has 12 rings (SSSR count). The van der Waals surface area contributed by atoms with E-state index in [9.17, 15) is 37.9 Å². The fourth-order valence-corrected chi connectivity index (χ4v) is 18.7. The Balaban J connectivity index is 0.000000153. The first-order chi connectivity index (χ1) is 44.7. The maximum absolute atomic E-state index is 12.8. The highest BCUT2D eigenvalue weighted by Crippen LogP contribution is 2.30. The van der Waals surface area contributed by atoms with Gasteiger partial charge in [-0.25, -0.2) is 39.4 Å². The van der Waals surface area contributed by atoms with Crippen LogP contribution in [0.25, 0.3) is 18.2 Å². The van der Waals surface area contributed by atoms with Crippen LogP contribution in [0, 0.1) is 5.92 Å². The first kappa shape index (κ1) is 69.0. The number of nitrogens with zero attached hydrogens (tertiary/aromatic N) is 6. The smallest absolute Gasteiger partial charge is 0.234 e. The summed E-state index contributed by atoms with van der Waals surface area (Å²) in [6.45, 7) is 7.25. The molecule has 6 heterocycles. The highest BCUT2D eigenvalue weighted by atomic mass is 32.2. The van der Waals surface area contributed by atoms with E-state index in [0.29, 0.717) is 90.7 Å². The molecule has 0 saturated heterocycles. The van der Waals surface area contributed by atoms with Crippen LogP contribution >= 0.6 is 0 Å². The van der Waals surface area contributed by atoms with E-state index >= 15 is 0 Å². The fraction of sp³-hybridized carbons (Fsp3) is 0.348. The first-order valence-electron chi connectivity index (χ1n) is 31.4. The minimum Gasteiger partial charge on any atom is -0.264 e. The first-order valence-corrected chi connectivity index (χ1v) is 40.5. The molecule has 0 amide bonds. The summed E-state index contributed by atoms with van der Waals surface area (Å²) in [7, 11) is -13.8. The van der Waals surface area contributed by atoms with E-state index in [1.807, 2.05) is 180 Å². The Morgan fingerprint density at radius 3 is 1.25 bits per heavy atom. The van der Waals surface area contributed by atoms with Crippen molar-refractivity contribution in [1.82, 2.24) is 43.5 Å². The van der Waals surface area contributed by atoms with Crippen molar-refractivity contribution < 1.29 is 37.9 Å². The highest BCUT2D eigenvalue weighted by molar-refractivity contribution is 7.93. The van der Waals surface area contributed by atoms with Crippen molar-refractivity contribution in [3.05, 3.63) is 247 Å². The van der Waals surface area contributed by atoms with Gasteiger partial charge in [0.2, 0.25) is 30.1 Å². The molecule has 18 nitrogen and oxygen atoms in total. The Labute approximate surface area is 555 Å². The van der Waals surface area contributed by atoms with E-state index in [1.165, 1.54) is 36.2 Å². The predicted octanol–water partition coefficient (Wildman–Crippen LogP) is 10.4. The SMILES string of the molecule is CC(NS(=O)(=O)/C=C/c1c2c(nn1Cc1ccccc1)CCS(=O)C2)c1ccccc1.C[C@@H](NS(=O)(=O)/C=C/c1nn(Cc2ccccc2)c2c1CS(=O)CC2)c1ccccc1.C[C@H](NS(=O)(=O)/C=C/c1c2c(nn1Cc1ccccc1)CCS(=O)C2)C1CCCCC1. The van der Waals surface area contributed by atoms with Gasteiger partial charge in [0, 0.05) is 126 Å². The second kappa shape index (κ2) is 32.0. The van der Waals surface area contributed by atoms with Gasteiger partial charge in [0.25, 0.3) is 0 Å². The van der Waals surface area contributed by atoms with Gasteiger partial charge in [0.05, 0.1) is 65.4 Å². The van der Waals surface area contributed by atoms with Gasteiger partial charge >= 0.3 is 0 Å². The molecule has 1 saturated carbocycles. The van der Waals surface area contributed by atoms with E-state index < -0.39 is 62.5 Å². The average Bonchev–Trinajstić information content (AvgIpc) is 1.73. The third-order valence-electron chi connectivity index (χ3n) is 16.9. The van der Waals surface area contributed by atoms with Crippen LogP contribution in [0.2, 0.25) is 0 Å². The third kappa shape index (κ3) is 19.6. The topological polar surface area (TPSA) is 243 Å². The lowest BCUT2D eigenvalue weighted by atomic mass is 9.85. The van der Waals surface area contributed by atoms with Crippen molar-refractivity contribution in [2.24, 2.45) is 5.92 Å². The molecule has 8 aromatic rings. The van der Waals surface area contributed by atoms with Crippen molar-refractivity contribution in [3.63, 3.8) is 0 Å². The molecule has 3 aromatic heterocycles. The molecule has 24 heteroatoms. The van der Waals surface area contributed by atoms with Crippen molar-refractivity contribution in [3.8, 4) is 0 Å². The van der Waals surface area contributed by atoms with Gasteiger partial charge in [-0.1, -0.05) is 171 Å². The number of aryl methyl sites for hydroxylation is 2. The van der Waals surface area contributed by atoms with E-state index in [0.717, 1.165) is 85.5 Å². The zero-order valence-electron chi connectivity index (χ0n) is 52.5. The highest BCUT2D eigenvalue weighted by Gasteiger charge is 2.28. The number of nitrogens with one attached hydrogen (secondary N) is 3. The van der Waals surface area contributed by atoms with Crippen LogP contribution < -0.4 is 14.2 Å². The molecule has 0 spiro atoms. The summed E-state index contributed by atoms with van der Waals surface area (Å²) in [4.78, 5) is 0. The van der Waals surface area contributed by atoms with Crippen molar-refractivity contribution in [2.45, 2.75) is 127 Å². The van der Waals surface area contributed by atoms with Crippen molar-refractivity contribution in [1.29, 1.82) is 0 Å². The van der Waals surface area contributed by atoms with E-state index in [2.05, 4.69) is 19.3 Å². The Hall–Kier alpha value is -6.87. The van der Waals surface area contributed by atoms with Gasteiger partial charge < -0.3 is 0 Å². The molecule has 1 aliphatic carbocycles. The Kier molecular flexibility index (Phi) is 23.8. The number of rotatable bonds is 21. The van der Waals surface area contributed by atoms with Crippen molar-refractivity contribution >= 4 is 80.7 Å². The summed E-state index contributed by atoms with van der Waals surface area (Å²) in [5, 5.41) is 17.7. The molecule has 492 valence electrons. The zero-order chi connectivity index (χ0) is 65.5. The monoisotopic (exact) mass is 1370 g/mol. The summed E-state index contributed by atoms with van der Waals surface area (Å²) in [6.07, 6.45) is 12.5. The molecular formula is C69H81N9O9S6. The van der Waals surface area contributed by atoms with E-state index in [4.69, 9.17) is 10.2 Å². The molecule has 93 heavy (non-hydrogen) atoms. The fourth-order valence-electron chi connectivity index (χ4n) is 12.0. The number of sulfonamides is 3. The van der Waals surface area contributed by atoms with Gasteiger partial charge in [-0.2, -0.15) is 15.3 Å². The van der Waals surface area contributed by atoms with Crippen LogP contribution in [0.5, 0.6) is 0 Å². The quantitative estimate of drug-likeness (QED) is 0.0608. The number of hydrogen-bond donors (Lipinski definition) is 3. The minimum absolute atomic E-state index is 0.0781. The number of benzene rings is 5. The standard InChI is InChI=1S/C23H25N3O3S2.C23H31N3O3S2.C23H25N3O3S2/c1-18(20-10-6-3-7-11-20)25-31(28,29)15-13-22-21-17-30(27)14-12-23(21)26(24-22)16-19-8-4-2-5-9-19;2*1-18(20-10-6-3-7-11-20)25-31(28,29)15-13-23-21-17-30(27)14-12-22(21)24-26(23)16-19-8-4-2-5-9-19/h2-11,13,15,18,25H,12,14,16-17H2,1H3;2,4-5,8-9,13,15,18,20,25H,3,6-7,10-12,14,16-17H2,1H3;2-11,13,15,18,25H,12,14,16-17H2,1H3/b3*15-13+/t2*18-,30?;/m10./s1. The Morgan fingerprint density at radius 1 is 0.452 bits per heavy atom. The molecule has 0 radical (unpaired) electrons. The lowest BCUT2D eigenvalue weighted by Crippen LogP contribution is -2.37. The molecule has 3 N–H and O–H groups in total. The Bertz CT molecular complexity index is 4340. The van der Waals surface area contributed by atoms with Crippen LogP contribution in [0.1, 0.15) is 144 Å². The van der Waals surface area contributed by atoms with Crippen LogP contribution in [0.3, 0.4) is 0 Å². The number of fused-ring (bicyclic) bond motifs is 3. The molecule has 4 unspecified atom stereocenters. The van der Waals surface area contributed by atoms with Gasteiger partial charge in [-0.15, -0.1) is 0 Å². The zero-order valence-corrected chi connectivity index (χ0v) is 57.4. The van der Waals surface area contributed by atoms with Crippen LogP contribution in [0.4, 0.5) is 0 Å². The van der Waals surface area contributed by atoms with Crippen molar-refractivity contribution in [2.75, 3.05) is 17.3 Å². The molecule has 1 fully saturated rings. The van der Waals surface area contributed by atoms with Crippen LogP contribution in [-0.4, -0.2) is 90.5 Å². The molecule has 6 atom stereocenters. The summed E-state index contributed by atoms with van der Waals surface area (Å²) < 4.78 is 127. The maximum Gasteiger partial charge on any atom is 0.234 e. The second-order valence-corrected chi connectivity index (χ2v) is 33.3. The number of aromatic nitrogens is 6. The second-order valence-electron chi connectivity index (χ2n) is 23.8. The van der Waals surface area contributed by atoms with Gasteiger partial charge in [0.15, 0.2) is 0 Å². The summed E-state index contributed by atoms with van der Waals surface area (Å²) in [6, 6.07) is 47.9. The molecule has 4 aliphatic rings. The van der Waals surface area contributed by atoms with E-state index in [-0.39, 0.29) is 18.1 Å². The largest absolute Gasteiger partial charge is 0.264 e. The third-order valence-corrected chi connectivity index (χ3v) is 24.3. The lowest BCUT2D eigenvalue weighted by Gasteiger charge is -2.27. The summed E-state index contributed by atoms with van der Waals surface area (Å²) in [5.74, 6) is 3.43. The van der Waals surface area contributed by atoms with Crippen LogP contribution in [-0.2, 0) is 119 Å².